The maximum Gasteiger partial charge on any atom is 0.238 e. The Morgan fingerprint density at radius 1 is 1.03 bits per heavy atom. The van der Waals surface area contributed by atoms with Crippen molar-refractivity contribution >= 4 is 56.5 Å². The van der Waals surface area contributed by atoms with Crippen molar-refractivity contribution in [3.63, 3.8) is 0 Å². The van der Waals surface area contributed by atoms with Crippen molar-refractivity contribution in [3.8, 4) is 10.6 Å². The number of benzene rings is 3. The Morgan fingerprint density at radius 3 is 2.77 bits per heavy atom. The number of fused-ring (bicyclic) bond motifs is 2. The summed E-state index contributed by atoms with van der Waals surface area (Å²) < 4.78 is 1.13. The monoisotopic (exact) mass is 431 g/mol. The third kappa shape index (κ3) is 3.81. The van der Waals surface area contributed by atoms with Gasteiger partial charge in [0.05, 0.1) is 21.2 Å². The van der Waals surface area contributed by atoms with E-state index in [4.69, 9.17) is 0 Å². The van der Waals surface area contributed by atoms with Gasteiger partial charge in [0.25, 0.3) is 0 Å². The summed E-state index contributed by atoms with van der Waals surface area (Å²) in [6, 6.07) is 23.3. The number of carbonyl (C=O) groups is 2. The van der Waals surface area contributed by atoms with E-state index in [0.717, 1.165) is 31.4 Å². The van der Waals surface area contributed by atoms with Gasteiger partial charge in [-0.2, -0.15) is 0 Å². The van der Waals surface area contributed by atoms with Crippen LogP contribution in [0.3, 0.4) is 0 Å². The van der Waals surface area contributed by atoms with Crippen LogP contribution < -0.4 is 10.6 Å². The molecule has 30 heavy (non-hydrogen) atoms. The molecule has 0 saturated carbocycles. The second-order valence-corrected chi connectivity index (χ2v) is 9.19. The molecule has 2 N–H and O–H groups in total. The van der Waals surface area contributed by atoms with E-state index in [0.29, 0.717) is 5.69 Å². The van der Waals surface area contributed by atoms with Gasteiger partial charge in [0.2, 0.25) is 11.8 Å². The smallest absolute Gasteiger partial charge is 0.238 e. The van der Waals surface area contributed by atoms with Crippen molar-refractivity contribution in [2.45, 2.75) is 16.6 Å². The third-order valence-corrected chi connectivity index (χ3v) is 7.13. The number of hydrogen-bond donors (Lipinski definition) is 2. The summed E-state index contributed by atoms with van der Waals surface area (Å²) in [4.78, 5) is 30.6. The van der Waals surface area contributed by atoms with E-state index in [1.54, 1.807) is 11.3 Å². The molecule has 1 aliphatic rings. The van der Waals surface area contributed by atoms with Gasteiger partial charge in [0.1, 0.15) is 5.01 Å². The van der Waals surface area contributed by atoms with Gasteiger partial charge in [-0.05, 0) is 36.4 Å². The molecular formula is C23H17N3O2S2. The molecule has 0 fully saturated rings. The number of thiazole rings is 1. The van der Waals surface area contributed by atoms with Crippen LogP contribution in [0.15, 0.2) is 77.7 Å². The molecule has 1 aliphatic heterocycles. The number of amides is 2. The van der Waals surface area contributed by atoms with Gasteiger partial charge in [-0.15, -0.1) is 23.1 Å². The van der Waals surface area contributed by atoms with Crippen molar-refractivity contribution in [1.29, 1.82) is 0 Å². The van der Waals surface area contributed by atoms with E-state index in [2.05, 4.69) is 15.6 Å². The Balaban J connectivity index is 1.30. The Hall–Kier alpha value is -3.16. The first-order valence-electron chi connectivity index (χ1n) is 9.48. The van der Waals surface area contributed by atoms with Crippen molar-refractivity contribution in [2.24, 2.45) is 0 Å². The van der Waals surface area contributed by atoms with E-state index < -0.39 is 5.25 Å². The average molecular weight is 432 g/mol. The molecular weight excluding hydrogens is 414 g/mol. The first-order valence-corrected chi connectivity index (χ1v) is 11.2. The van der Waals surface area contributed by atoms with Crippen molar-refractivity contribution in [3.05, 3.63) is 72.8 Å². The van der Waals surface area contributed by atoms with Crippen LogP contribution in [-0.4, -0.2) is 22.0 Å². The van der Waals surface area contributed by atoms with Crippen LogP contribution in [0.5, 0.6) is 0 Å². The maximum atomic E-state index is 12.6. The summed E-state index contributed by atoms with van der Waals surface area (Å²) >= 11 is 3.05. The summed E-state index contributed by atoms with van der Waals surface area (Å²) in [5, 5.41) is 6.25. The molecule has 0 saturated heterocycles. The lowest BCUT2D eigenvalue weighted by Gasteiger charge is -2.23. The summed E-state index contributed by atoms with van der Waals surface area (Å²) in [5.74, 6) is -0.333. The predicted octanol–water partition coefficient (Wildman–Crippen LogP) is 5.40. The lowest BCUT2D eigenvalue weighted by molar-refractivity contribution is -0.120. The fraction of sp³-hybridized carbons (Fsp3) is 0.0870. The minimum Gasteiger partial charge on any atom is -0.326 e. The molecule has 0 aliphatic carbocycles. The predicted molar refractivity (Wildman–Crippen MR) is 123 cm³/mol. The molecule has 1 atom stereocenters. The molecule has 2 amide bonds. The quantitative estimate of drug-likeness (QED) is 0.454. The standard InChI is InChI=1S/C23H17N3O2S2/c27-21(13-20-22(28)25-16-8-1-3-10-18(16)29-20)24-15-7-5-6-14(12-15)23-26-17-9-2-4-11-19(17)30-23/h1-12,20H,13H2,(H,24,27)(H,25,28)/t20-/m0/s1. The highest BCUT2D eigenvalue weighted by Gasteiger charge is 2.28. The number of aromatic nitrogens is 1. The molecule has 2 heterocycles. The zero-order chi connectivity index (χ0) is 20.5. The minimum atomic E-state index is -0.452. The second kappa shape index (κ2) is 7.93. The largest absolute Gasteiger partial charge is 0.326 e. The molecule has 4 aromatic rings. The molecule has 148 valence electrons. The first kappa shape index (κ1) is 18.8. The molecule has 5 nitrogen and oxygen atoms in total. The highest BCUT2D eigenvalue weighted by atomic mass is 32.2. The fourth-order valence-electron chi connectivity index (χ4n) is 3.33. The lowest BCUT2D eigenvalue weighted by Crippen LogP contribution is -2.32. The first-order chi connectivity index (χ1) is 14.7. The highest BCUT2D eigenvalue weighted by Crippen LogP contribution is 2.37. The zero-order valence-corrected chi connectivity index (χ0v) is 17.4. The third-order valence-electron chi connectivity index (χ3n) is 4.76. The molecule has 0 unspecified atom stereocenters. The van der Waals surface area contributed by atoms with Gasteiger partial charge in [0.15, 0.2) is 0 Å². The van der Waals surface area contributed by atoms with Gasteiger partial charge in [-0.3, -0.25) is 9.59 Å². The number of hydrogen-bond acceptors (Lipinski definition) is 5. The van der Waals surface area contributed by atoms with E-state index in [1.165, 1.54) is 11.8 Å². The zero-order valence-electron chi connectivity index (χ0n) is 15.8. The molecule has 7 heteroatoms. The van der Waals surface area contributed by atoms with Crippen molar-refractivity contribution in [1.82, 2.24) is 4.98 Å². The Kier molecular flexibility index (Phi) is 4.98. The van der Waals surface area contributed by atoms with Crippen LogP contribution in [0, 0.1) is 0 Å². The van der Waals surface area contributed by atoms with E-state index in [9.17, 15) is 9.59 Å². The fourth-order valence-corrected chi connectivity index (χ4v) is 5.41. The number of anilines is 2. The number of rotatable bonds is 4. The van der Waals surface area contributed by atoms with Gasteiger partial charge < -0.3 is 10.6 Å². The molecule has 5 rings (SSSR count). The Morgan fingerprint density at radius 2 is 1.87 bits per heavy atom. The minimum absolute atomic E-state index is 0.107. The van der Waals surface area contributed by atoms with Crippen LogP contribution in [0.2, 0.25) is 0 Å². The normalized spacial score (nSPS) is 15.5. The highest BCUT2D eigenvalue weighted by molar-refractivity contribution is 8.01. The van der Waals surface area contributed by atoms with Crippen LogP contribution in [0.25, 0.3) is 20.8 Å². The number of nitrogens with zero attached hydrogens (tertiary/aromatic N) is 1. The lowest BCUT2D eigenvalue weighted by atomic mass is 10.2. The van der Waals surface area contributed by atoms with Crippen LogP contribution >= 0.6 is 23.1 Å². The Bertz CT molecular complexity index is 1240. The van der Waals surface area contributed by atoms with Crippen LogP contribution in [0.1, 0.15) is 6.42 Å². The maximum absolute atomic E-state index is 12.6. The number of para-hydroxylation sites is 2. The molecule has 0 spiro atoms. The van der Waals surface area contributed by atoms with Gasteiger partial charge in [0, 0.05) is 22.6 Å². The van der Waals surface area contributed by atoms with Crippen LogP contribution in [0.4, 0.5) is 11.4 Å². The van der Waals surface area contributed by atoms with Crippen molar-refractivity contribution in [2.75, 3.05) is 10.6 Å². The van der Waals surface area contributed by atoms with E-state index in [1.807, 2.05) is 72.8 Å². The number of carbonyl (C=O) groups excluding carboxylic acids is 2. The molecule has 0 bridgehead atoms. The Labute approximate surface area is 181 Å². The summed E-state index contributed by atoms with van der Waals surface area (Å²) in [6.45, 7) is 0. The molecule has 3 aromatic carbocycles. The summed E-state index contributed by atoms with van der Waals surface area (Å²) in [5.41, 5.74) is 3.41. The van der Waals surface area contributed by atoms with E-state index >= 15 is 0 Å². The number of thioether (sulfide) groups is 1. The van der Waals surface area contributed by atoms with Gasteiger partial charge in [-0.1, -0.05) is 36.4 Å². The van der Waals surface area contributed by atoms with E-state index in [-0.39, 0.29) is 18.2 Å². The molecule has 1 aromatic heterocycles. The molecule has 0 radical (unpaired) electrons. The second-order valence-electron chi connectivity index (χ2n) is 6.91. The van der Waals surface area contributed by atoms with Crippen molar-refractivity contribution < 1.29 is 9.59 Å². The number of nitrogens with one attached hydrogen (secondary N) is 2. The van der Waals surface area contributed by atoms with Gasteiger partial charge >= 0.3 is 0 Å². The average Bonchev–Trinajstić information content (AvgIpc) is 3.19. The van der Waals surface area contributed by atoms with Gasteiger partial charge in [-0.25, -0.2) is 4.98 Å². The topological polar surface area (TPSA) is 71.1 Å². The van der Waals surface area contributed by atoms with Crippen LogP contribution in [-0.2, 0) is 9.59 Å². The summed E-state index contributed by atoms with van der Waals surface area (Å²) in [7, 11) is 0. The summed E-state index contributed by atoms with van der Waals surface area (Å²) in [6.07, 6.45) is 0.107. The SMILES string of the molecule is O=C(C[C@@H]1Sc2ccccc2NC1=O)Nc1cccc(-c2nc3ccccc3s2)c1.